The Hall–Kier alpha value is -3.69. The first-order chi connectivity index (χ1) is 13.3. The average molecular weight is 391 g/mol. The van der Waals surface area contributed by atoms with E-state index in [0.29, 0.717) is 0 Å². The van der Waals surface area contributed by atoms with Crippen LogP contribution >= 0.6 is 0 Å². The molecule has 0 saturated heterocycles. The van der Waals surface area contributed by atoms with E-state index >= 15 is 0 Å². The zero-order chi connectivity index (χ0) is 20.7. The molecule has 10 heteroatoms. The monoisotopic (exact) mass is 391 g/mol. The maximum Gasteiger partial charge on any atom is 0.311 e. The van der Waals surface area contributed by atoms with Crippen molar-refractivity contribution in [3.8, 4) is 11.5 Å². The molecule has 0 heterocycles. The van der Waals surface area contributed by atoms with Gasteiger partial charge < -0.3 is 9.47 Å². The number of halogens is 1. The summed E-state index contributed by atoms with van der Waals surface area (Å²) < 4.78 is 23.9. The van der Waals surface area contributed by atoms with E-state index in [1.807, 2.05) is 0 Å². The molecule has 0 bridgehead atoms. The van der Waals surface area contributed by atoms with E-state index in [9.17, 15) is 24.1 Å². The van der Waals surface area contributed by atoms with Crippen molar-refractivity contribution in [2.24, 2.45) is 0 Å². The fourth-order valence-electron chi connectivity index (χ4n) is 2.16. The molecule has 0 aliphatic heterocycles. The summed E-state index contributed by atoms with van der Waals surface area (Å²) >= 11 is 0. The Morgan fingerprint density at radius 1 is 1.18 bits per heavy atom. The van der Waals surface area contributed by atoms with Gasteiger partial charge in [-0.25, -0.2) is 4.39 Å². The number of rotatable bonds is 7. The van der Waals surface area contributed by atoms with Crippen LogP contribution < -0.4 is 20.3 Å². The number of amides is 2. The minimum atomic E-state index is -1.10. The fourth-order valence-corrected chi connectivity index (χ4v) is 2.16. The number of hydrogen-bond donors (Lipinski definition) is 2. The van der Waals surface area contributed by atoms with E-state index in [-0.39, 0.29) is 29.4 Å². The molecule has 2 rings (SSSR count). The van der Waals surface area contributed by atoms with Crippen molar-refractivity contribution in [3.63, 3.8) is 0 Å². The molecule has 0 spiro atoms. The van der Waals surface area contributed by atoms with Crippen molar-refractivity contribution in [2.75, 3.05) is 6.61 Å². The zero-order valence-electron chi connectivity index (χ0n) is 15.1. The van der Waals surface area contributed by atoms with E-state index in [0.717, 1.165) is 6.07 Å². The third kappa shape index (κ3) is 5.16. The first-order valence-corrected chi connectivity index (χ1v) is 8.26. The highest BCUT2D eigenvalue weighted by molar-refractivity contribution is 5.96. The van der Waals surface area contributed by atoms with Crippen LogP contribution in [0.15, 0.2) is 42.5 Å². The molecule has 2 aromatic carbocycles. The highest BCUT2D eigenvalue weighted by Crippen LogP contribution is 2.27. The van der Waals surface area contributed by atoms with Crippen molar-refractivity contribution >= 4 is 17.5 Å². The van der Waals surface area contributed by atoms with E-state index in [2.05, 4.69) is 10.9 Å². The molecule has 0 aliphatic rings. The first-order valence-electron chi connectivity index (χ1n) is 8.26. The van der Waals surface area contributed by atoms with Crippen molar-refractivity contribution < 1.29 is 28.4 Å². The lowest BCUT2D eigenvalue weighted by Crippen LogP contribution is -2.47. The maximum atomic E-state index is 13.5. The van der Waals surface area contributed by atoms with Gasteiger partial charge in [0.05, 0.1) is 11.5 Å². The van der Waals surface area contributed by atoms with Gasteiger partial charge in [0, 0.05) is 11.6 Å². The first kappa shape index (κ1) is 20.6. The molecule has 28 heavy (non-hydrogen) atoms. The van der Waals surface area contributed by atoms with Crippen LogP contribution in [0.3, 0.4) is 0 Å². The summed E-state index contributed by atoms with van der Waals surface area (Å²) in [7, 11) is 0. The quantitative estimate of drug-likeness (QED) is 0.552. The number of carbonyl (C=O) groups is 2. The summed E-state index contributed by atoms with van der Waals surface area (Å²) in [4.78, 5) is 34.6. The number of ether oxygens (including phenoxy) is 2. The molecule has 2 amide bonds. The van der Waals surface area contributed by atoms with Crippen LogP contribution in [0.25, 0.3) is 0 Å². The Labute approximate surface area is 159 Å². The molecule has 2 N–H and O–H groups in total. The molecule has 0 radical (unpaired) electrons. The standard InChI is InChI=1S/C18H18FN3O6/c1-3-27-16-9-8-12(10-14(16)22(25)26)18(24)21-20-17(23)11(2)28-15-7-5-4-6-13(15)19/h4-11H,3H2,1-2H3,(H,20,23)(H,21,24)/t11-/m1/s1. The van der Waals surface area contributed by atoms with Gasteiger partial charge in [0.1, 0.15) is 0 Å². The maximum absolute atomic E-state index is 13.5. The molecule has 148 valence electrons. The van der Waals surface area contributed by atoms with Crippen molar-refractivity contribution in [1.29, 1.82) is 0 Å². The molecule has 0 unspecified atom stereocenters. The predicted molar refractivity (Wildman–Crippen MR) is 96.4 cm³/mol. The molecular formula is C18H18FN3O6. The van der Waals surface area contributed by atoms with Crippen LogP contribution in [0, 0.1) is 15.9 Å². The van der Waals surface area contributed by atoms with E-state index in [1.54, 1.807) is 13.0 Å². The number of nitro groups is 1. The smallest absolute Gasteiger partial charge is 0.311 e. The zero-order valence-corrected chi connectivity index (χ0v) is 15.1. The van der Waals surface area contributed by atoms with Gasteiger partial charge in [-0.2, -0.15) is 0 Å². The predicted octanol–water partition coefficient (Wildman–Crippen LogP) is 2.36. The van der Waals surface area contributed by atoms with E-state index < -0.39 is 28.7 Å². The van der Waals surface area contributed by atoms with Crippen molar-refractivity contribution in [2.45, 2.75) is 20.0 Å². The minimum absolute atomic E-state index is 0.0278. The second kappa shape index (κ2) is 9.31. The number of carbonyl (C=O) groups excluding carboxylic acids is 2. The lowest BCUT2D eigenvalue weighted by atomic mass is 10.2. The summed E-state index contributed by atoms with van der Waals surface area (Å²) in [6.45, 7) is 3.27. The fraction of sp³-hybridized carbons (Fsp3) is 0.222. The lowest BCUT2D eigenvalue weighted by Gasteiger charge is -2.15. The molecule has 0 saturated carbocycles. The highest BCUT2D eigenvalue weighted by atomic mass is 19.1. The van der Waals surface area contributed by atoms with E-state index in [4.69, 9.17) is 9.47 Å². The summed E-state index contributed by atoms with van der Waals surface area (Å²) in [6, 6.07) is 9.21. The van der Waals surface area contributed by atoms with Crippen LogP contribution in [0.1, 0.15) is 24.2 Å². The number of hydrazine groups is 1. The molecule has 9 nitrogen and oxygen atoms in total. The Morgan fingerprint density at radius 3 is 2.54 bits per heavy atom. The Morgan fingerprint density at radius 2 is 1.89 bits per heavy atom. The summed E-state index contributed by atoms with van der Waals surface area (Å²) in [5.41, 5.74) is 3.81. The van der Waals surface area contributed by atoms with Crippen LogP contribution in [-0.4, -0.2) is 29.4 Å². The van der Waals surface area contributed by atoms with Gasteiger partial charge in [-0.15, -0.1) is 0 Å². The van der Waals surface area contributed by atoms with Crippen LogP contribution in [0.5, 0.6) is 11.5 Å². The molecule has 2 aromatic rings. The molecule has 0 aliphatic carbocycles. The van der Waals surface area contributed by atoms with Gasteiger partial charge >= 0.3 is 5.69 Å². The van der Waals surface area contributed by atoms with Crippen molar-refractivity contribution in [1.82, 2.24) is 10.9 Å². The van der Waals surface area contributed by atoms with Crippen LogP contribution in [0.2, 0.25) is 0 Å². The largest absolute Gasteiger partial charge is 0.487 e. The number of benzene rings is 2. The van der Waals surface area contributed by atoms with Gasteiger partial charge in [0.2, 0.25) is 0 Å². The van der Waals surface area contributed by atoms with Gasteiger partial charge in [0.25, 0.3) is 11.8 Å². The second-order valence-corrected chi connectivity index (χ2v) is 5.51. The number of para-hydroxylation sites is 1. The summed E-state index contributed by atoms with van der Waals surface area (Å²) in [5.74, 6) is -2.24. The lowest BCUT2D eigenvalue weighted by molar-refractivity contribution is -0.385. The van der Waals surface area contributed by atoms with Crippen LogP contribution in [-0.2, 0) is 4.79 Å². The minimum Gasteiger partial charge on any atom is -0.487 e. The normalized spacial score (nSPS) is 11.2. The molecule has 0 aromatic heterocycles. The second-order valence-electron chi connectivity index (χ2n) is 5.51. The molecular weight excluding hydrogens is 373 g/mol. The Bertz CT molecular complexity index is 889. The highest BCUT2D eigenvalue weighted by Gasteiger charge is 2.20. The number of nitrogens with one attached hydrogen (secondary N) is 2. The summed E-state index contributed by atoms with van der Waals surface area (Å²) in [5, 5.41) is 11.1. The van der Waals surface area contributed by atoms with Gasteiger partial charge in [-0.1, -0.05) is 12.1 Å². The molecule has 1 atom stereocenters. The molecule has 0 fully saturated rings. The summed E-state index contributed by atoms with van der Waals surface area (Å²) in [6.07, 6.45) is -1.10. The average Bonchev–Trinajstić information content (AvgIpc) is 2.67. The Kier molecular flexibility index (Phi) is 6.85. The van der Waals surface area contributed by atoms with Gasteiger partial charge in [-0.3, -0.25) is 30.6 Å². The SMILES string of the molecule is CCOc1ccc(C(=O)NNC(=O)[C@@H](C)Oc2ccccc2F)cc1[N+](=O)[O-]. The van der Waals surface area contributed by atoms with E-state index in [1.165, 1.54) is 37.3 Å². The number of nitro benzene ring substituents is 1. The van der Waals surface area contributed by atoms with Crippen LogP contribution in [0.4, 0.5) is 10.1 Å². The third-order valence-electron chi connectivity index (χ3n) is 3.53. The van der Waals surface area contributed by atoms with Gasteiger partial charge in [0.15, 0.2) is 23.4 Å². The number of nitrogens with zero attached hydrogens (tertiary/aromatic N) is 1. The van der Waals surface area contributed by atoms with Crippen molar-refractivity contribution in [3.05, 3.63) is 64.0 Å². The Balaban J connectivity index is 1.99. The topological polar surface area (TPSA) is 120 Å². The third-order valence-corrected chi connectivity index (χ3v) is 3.53. The van der Waals surface area contributed by atoms with Gasteiger partial charge in [-0.05, 0) is 38.1 Å². The number of hydrogen-bond acceptors (Lipinski definition) is 6.